The number of imidazole rings is 1. The third-order valence-corrected chi connectivity index (χ3v) is 5.03. The highest BCUT2D eigenvalue weighted by atomic mass is 16.5. The van der Waals surface area contributed by atoms with Crippen molar-refractivity contribution >= 4 is 22.8 Å². The zero-order valence-electron chi connectivity index (χ0n) is 14.0. The van der Waals surface area contributed by atoms with Crippen LogP contribution in [0.5, 0.6) is 0 Å². The molecule has 132 valence electrons. The molecule has 1 atom stereocenters. The molecule has 2 N–H and O–H groups in total. The molecule has 2 aromatic rings. The van der Waals surface area contributed by atoms with Crippen LogP contribution in [0.3, 0.4) is 0 Å². The minimum absolute atomic E-state index is 0.0794. The molecule has 2 saturated heterocycles. The van der Waals surface area contributed by atoms with E-state index >= 15 is 0 Å². The lowest BCUT2D eigenvalue weighted by molar-refractivity contribution is -0.131. The van der Waals surface area contributed by atoms with Gasteiger partial charge in [0.05, 0.1) is 23.5 Å². The zero-order valence-corrected chi connectivity index (χ0v) is 14.0. The van der Waals surface area contributed by atoms with Crippen molar-refractivity contribution in [2.45, 2.75) is 31.8 Å². The normalized spacial score (nSPS) is 21.8. The number of ether oxygens (including phenoxy) is 1. The number of H-pyrrole nitrogens is 1. The fourth-order valence-electron chi connectivity index (χ4n) is 3.66. The molecule has 1 unspecified atom stereocenters. The van der Waals surface area contributed by atoms with Gasteiger partial charge in [-0.2, -0.15) is 0 Å². The summed E-state index contributed by atoms with van der Waals surface area (Å²) in [4.78, 5) is 34.2. The van der Waals surface area contributed by atoms with E-state index in [1.165, 1.54) is 0 Å². The number of rotatable bonds is 4. The van der Waals surface area contributed by atoms with E-state index in [0.717, 1.165) is 29.7 Å². The van der Waals surface area contributed by atoms with Crippen molar-refractivity contribution in [1.82, 2.24) is 20.2 Å². The Morgan fingerprint density at radius 3 is 2.92 bits per heavy atom. The van der Waals surface area contributed by atoms with Crippen LogP contribution in [0.2, 0.25) is 0 Å². The quantitative estimate of drug-likeness (QED) is 0.874. The maximum atomic E-state index is 12.5. The van der Waals surface area contributed by atoms with Crippen molar-refractivity contribution in [3.8, 4) is 0 Å². The second kappa shape index (κ2) is 6.84. The Kier molecular flexibility index (Phi) is 4.40. The van der Waals surface area contributed by atoms with Crippen LogP contribution in [0, 0.1) is 5.92 Å². The van der Waals surface area contributed by atoms with E-state index in [1.54, 1.807) is 0 Å². The summed E-state index contributed by atoms with van der Waals surface area (Å²) in [6, 6.07) is 7.97. The molecule has 2 amide bonds. The Morgan fingerprint density at radius 2 is 2.12 bits per heavy atom. The van der Waals surface area contributed by atoms with Gasteiger partial charge in [0.1, 0.15) is 5.82 Å². The Morgan fingerprint density at radius 1 is 1.32 bits per heavy atom. The van der Waals surface area contributed by atoms with Gasteiger partial charge in [-0.15, -0.1) is 0 Å². The first kappa shape index (κ1) is 16.1. The number of carbonyl (C=O) groups is 2. The summed E-state index contributed by atoms with van der Waals surface area (Å²) >= 11 is 0. The van der Waals surface area contributed by atoms with Crippen LogP contribution in [0.4, 0.5) is 0 Å². The van der Waals surface area contributed by atoms with Crippen LogP contribution >= 0.6 is 0 Å². The number of likely N-dealkylation sites (tertiary alicyclic amines) is 1. The highest BCUT2D eigenvalue weighted by Gasteiger charge is 2.38. The van der Waals surface area contributed by atoms with Crippen molar-refractivity contribution in [2.24, 2.45) is 5.92 Å². The lowest BCUT2D eigenvalue weighted by Gasteiger charge is -2.31. The molecule has 4 rings (SSSR count). The predicted octanol–water partition coefficient (Wildman–Crippen LogP) is 1.21. The molecule has 7 heteroatoms. The van der Waals surface area contributed by atoms with Gasteiger partial charge in [-0.25, -0.2) is 4.98 Å². The highest BCUT2D eigenvalue weighted by Crippen LogP contribution is 2.25. The lowest BCUT2D eigenvalue weighted by atomic mass is 10.1. The highest BCUT2D eigenvalue weighted by molar-refractivity contribution is 5.89. The maximum absolute atomic E-state index is 12.5. The summed E-state index contributed by atoms with van der Waals surface area (Å²) in [7, 11) is 0. The largest absolute Gasteiger partial charge is 0.381 e. The number of hydrogen-bond donors (Lipinski definition) is 2. The van der Waals surface area contributed by atoms with Crippen molar-refractivity contribution in [3.05, 3.63) is 30.1 Å². The van der Waals surface area contributed by atoms with Gasteiger partial charge < -0.3 is 19.9 Å². The number of nitrogens with zero attached hydrogens (tertiary/aromatic N) is 2. The van der Waals surface area contributed by atoms with E-state index in [0.29, 0.717) is 32.7 Å². The Bertz CT molecular complexity index is 748. The number of carbonyl (C=O) groups excluding carboxylic acids is 2. The van der Waals surface area contributed by atoms with Gasteiger partial charge >= 0.3 is 0 Å². The second-order valence-electron chi connectivity index (χ2n) is 6.71. The average Bonchev–Trinajstić information content (AvgIpc) is 3.23. The molecule has 0 aliphatic carbocycles. The number of hydrogen-bond acceptors (Lipinski definition) is 4. The molecule has 3 heterocycles. The Labute approximate surface area is 145 Å². The molecule has 25 heavy (non-hydrogen) atoms. The zero-order chi connectivity index (χ0) is 17.2. The molecule has 0 bridgehead atoms. The second-order valence-corrected chi connectivity index (χ2v) is 6.71. The number of benzene rings is 1. The number of fused-ring (bicyclic) bond motifs is 1. The van der Waals surface area contributed by atoms with Gasteiger partial charge in [0.15, 0.2) is 0 Å². The lowest BCUT2D eigenvalue weighted by Crippen LogP contribution is -2.41. The Hall–Kier alpha value is -2.41. The van der Waals surface area contributed by atoms with Gasteiger partial charge in [-0.1, -0.05) is 12.1 Å². The molecular weight excluding hydrogens is 320 g/mol. The maximum Gasteiger partial charge on any atom is 0.225 e. The topological polar surface area (TPSA) is 87.3 Å². The summed E-state index contributed by atoms with van der Waals surface area (Å²) in [5.74, 6) is 0.444. The molecule has 0 saturated carbocycles. The van der Waals surface area contributed by atoms with Gasteiger partial charge in [-0.05, 0) is 25.0 Å². The average molecular weight is 342 g/mol. The molecule has 2 aliphatic rings. The summed E-state index contributed by atoms with van der Waals surface area (Å²) in [5, 5.41) is 2.91. The van der Waals surface area contributed by atoms with E-state index in [9.17, 15) is 9.59 Å². The number of amides is 2. The van der Waals surface area contributed by atoms with Crippen molar-refractivity contribution in [1.29, 1.82) is 0 Å². The first-order valence-electron chi connectivity index (χ1n) is 8.79. The monoisotopic (exact) mass is 342 g/mol. The van der Waals surface area contributed by atoms with E-state index in [4.69, 9.17) is 4.74 Å². The summed E-state index contributed by atoms with van der Waals surface area (Å²) in [6.07, 6.45) is 2.02. The third kappa shape index (κ3) is 3.37. The molecule has 1 aromatic heterocycles. The van der Waals surface area contributed by atoms with Crippen molar-refractivity contribution < 1.29 is 14.3 Å². The van der Waals surface area contributed by atoms with E-state index in [1.807, 2.05) is 29.2 Å². The van der Waals surface area contributed by atoms with Gasteiger partial charge in [0.25, 0.3) is 0 Å². The number of aromatic nitrogens is 2. The van der Waals surface area contributed by atoms with Gasteiger partial charge in [0.2, 0.25) is 11.8 Å². The summed E-state index contributed by atoms with van der Waals surface area (Å²) in [5.41, 5.74) is 1.84. The molecule has 2 fully saturated rings. The summed E-state index contributed by atoms with van der Waals surface area (Å²) in [6.45, 7) is 2.24. The van der Waals surface area contributed by atoms with E-state index in [2.05, 4.69) is 15.3 Å². The minimum Gasteiger partial charge on any atom is -0.381 e. The Balaban J connectivity index is 1.34. The minimum atomic E-state index is -0.278. The third-order valence-electron chi connectivity index (χ3n) is 5.03. The SMILES string of the molecule is O=C(NCc1nc2ccccc2[nH]1)C1CC(=O)N(C2CCOCC2)C1. The molecule has 0 radical (unpaired) electrons. The standard InChI is InChI=1S/C18H22N4O3/c23-17-9-12(11-22(17)13-5-7-25-8-6-13)18(24)19-10-16-20-14-3-1-2-4-15(14)21-16/h1-4,12-13H,5-11H2,(H,19,24)(H,20,21). The first-order chi connectivity index (χ1) is 12.2. The summed E-state index contributed by atoms with van der Waals surface area (Å²) < 4.78 is 5.35. The van der Waals surface area contributed by atoms with Crippen molar-refractivity contribution in [3.63, 3.8) is 0 Å². The van der Waals surface area contributed by atoms with Gasteiger partial charge in [-0.3, -0.25) is 9.59 Å². The fraction of sp³-hybridized carbons (Fsp3) is 0.500. The predicted molar refractivity (Wildman–Crippen MR) is 91.6 cm³/mol. The van der Waals surface area contributed by atoms with Crippen LogP contribution in [0.15, 0.2) is 24.3 Å². The van der Waals surface area contributed by atoms with E-state index in [-0.39, 0.29) is 23.8 Å². The first-order valence-corrected chi connectivity index (χ1v) is 8.79. The smallest absolute Gasteiger partial charge is 0.225 e. The number of nitrogens with one attached hydrogen (secondary N) is 2. The molecular formula is C18H22N4O3. The van der Waals surface area contributed by atoms with Crippen LogP contribution < -0.4 is 5.32 Å². The van der Waals surface area contributed by atoms with Crippen LogP contribution in [-0.2, 0) is 20.9 Å². The van der Waals surface area contributed by atoms with Crippen LogP contribution in [0.25, 0.3) is 11.0 Å². The number of para-hydroxylation sites is 2. The van der Waals surface area contributed by atoms with Crippen LogP contribution in [-0.4, -0.2) is 52.5 Å². The molecule has 2 aliphatic heterocycles. The molecule has 0 spiro atoms. The van der Waals surface area contributed by atoms with Crippen molar-refractivity contribution in [2.75, 3.05) is 19.8 Å². The molecule has 7 nitrogen and oxygen atoms in total. The fourth-order valence-corrected chi connectivity index (χ4v) is 3.66. The van der Waals surface area contributed by atoms with Crippen LogP contribution in [0.1, 0.15) is 25.1 Å². The van der Waals surface area contributed by atoms with E-state index < -0.39 is 0 Å². The molecule has 1 aromatic carbocycles. The number of aromatic amines is 1. The van der Waals surface area contributed by atoms with Gasteiger partial charge in [0, 0.05) is 32.2 Å².